The van der Waals surface area contributed by atoms with Gasteiger partial charge < -0.3 is 9.40 Å². The summed E-state index contributed by atoms with van der Waals surface area (Å²) in [6, 6.07) is 19.4. The van der Waals surface area contributed by atoms with Crippen LogP contribution in [0.1, 0.15) is 0 Å². The van der Waals surface area contributed by atoms with E-state index in [2.05, 4.69) is 37.8 Å². The minimum Gasteiger partial charge on any atom is -0.464 e. The van der Waals surface area contributed by atoms with E-state index in [1.54, 1.807) is 0 Å². The zero-order valence-corrected chi connectivity index (χ0v) is 17.3. The first kappa shape index (κ1) is 17.1. The molecule has 0 unspecified atom stereocenters. The van der Waals surface area contributed by atoms with Crippen LogP contribution in [-0.4, -0.2) is 13.1 Å². The van der Waals surface area contributed by atoms with Gasteiger partial charge >= 0.3 is 0 Å². The zero-order chi connectivity index (χ0) is 16.0. The summed E-state index contributed by atoms with van der Waals surface area (Å²) in [5, 5.41) is 3.75. The fraction of sp³-hybridized carbons (Fsp3) is 0.150. The molecule has 4 rings (SSSR count). The Morgan fingerprint density at radius 3 is 2.46 bits per heavy atom. The van der Waals surface area contributed by atoms with Crippen LogP contribution in [0.4, 0.5) is 0 Å². The van der Waals surface area contributed by atoms with Crippen LogP contribution in [0, 0.1) is 6.07 Å². The average Bonchev–Trinajstić information content (AvgIpc) is 2.93. The predicted octanol–water partition coefficient (Wildman–Crippen LogP) is 4.99. The largest absolute Gasteiger partial charge is 0.464 e. The van der Waals surface area contributed by atoms with Crippen molar-refractivity contribution in [1.29, 1.82) is 0 Å². The molecule has 0 fully saturated rings. The fourth-order valence-corrected chi connectivity index (χ4v) is 4.48. The van der Waals surface area contributed by atoms with Crippen molar-refractivity contribution >= 4 is 35.2 Å². The maximum atomic E-state index is 6.21. The van der Waals surface area contributed by atoms with E-state index in [1.807, 2.05) is 42.6 Å². The van der Waals surface area contributed by atoms with Crippen LogP contribution < -0.4 is 5.19 Å². The first-order valence-electron chi connectivity index (χ1n) is 7.83. The SMILES string of the molecule is C[Si](C)(C)c1cnc(-c2[c-]cccc2)c2oc3ccccc3c12.[Ir]. The summed E-state index contributed by atoms with van der Waals surface area (Å²) in [4.78, 5) is 4.75. The Labute approximate surface area is 156 Å². The second-order valence-electron chi connectivity index (χ2n) is 6.85. The second kappa shape index (κ2) is 6.28. The van der Waals surface area contributed by atoms with Crippen molar-refractivity contribution in [3.05, 3.63) is 60.8 Å². The third-order valence-electron chi connectivity index (χ3n) is 4.17. The molecule has 123 valence electrons. The molecule has 4 aromatic rings. The van der Waals surface area contributed by atoms with E-state index in [4.69, 9.17) is 9.40 Å². The van der Waals surface area contributed by atoms with Crippen LogP contribution in [0.5, 0.6) is 0 Å². The quantitative estimate of drug-likeness (QED) is 0.282. The van der Waals surface area contributed by atoms with E-state index in [9.17, 15) is 0 Å². The first-order chi connectivity index (χ1) is 11.1. The summed E-state index contributed by atoms with van der Waals surface area (Å²) in [7, 11) is -1.54. The number of pyridine rings is 1. The van der Waals surface area contributed by atoms with Crippen LogP contribution >= 0.6 is 0 Å². The Kier molecular flexibility index (Phi) is 4.47. The minimum absolute atomic E-state index is 0. The summed E-state index contributed by atoms with van der Waals surface area (Å²) in [6.07, 6.45) is 2.05. The number of fused-ring (bicyclic) bond motifs is 3. The average molecular weight is 509 g/mol. The van der Waals surface area contributed by atoms with Crippen molar-refractivity contribution in [1.82, 2.24) is 4.98 Å². The molecule has 0 atom stereocenters. The van der Waals surface area contributed by atoms with Gasteiger partial charge in [-0.1, -0.05) is 37.8 Å². The normalized spacial score (nSPS) is 11.6. The maximum absolute atomic E-state index is 6.21. The second-order valence-corrected chi connectivity index (χ2v) is 11.9. The number of furan rings is 1. The molecule has 0 amide bonds. The van der Waals surface area contributed by atoms with E-state index < -0.39 is 8.07 Å². The number of hydrogen-bond donors (Lipinski definition) is 0. The van der Waals surface area contributed by atoms with Crippen molar-refractivity contribution in [3.63, 3.8) is 0 Å². The molecule has 2 heterocycles. The number of rotatable bonds is 2. The number of aromatic nitrogens is 1. The summed E-state index contributed by atoms with van der Waals surface area (Å²) < 4.78 is 6.21. The van der Waals surface area contributed by atoms with E-state index >= 15 is 0 Å². The van der Waals surface area contributed by atoms with Crippen molar-refractivity contribution in [3.8, 4) is 11.3 Å². The monoisotopic (exact) mass is 509 g/mol. The van der Waals surface area contributed by atoms with Crippen molar-refractivity contribution < 1.29 is 24.5 Å². The van der Waals surface area contributed by atoms with Gasteiger partial charge in [0.1, 0.15) is 11.2 Å². The van der Waals surface area contributed by atoms with Crippen molar-refractivity contribution in [2.45, 2.75) is 19.6 Å². The molecule has 0 aliphatic carbocycles. The van der Waals surface area contributed by atoms with Gasteiger partial charge in [0.2, 0.25) is 0 Å². The number of hydrogen-bond acceptors (Lipinski definition) is 2. The molecule has 0 spiro atoms. The molecule has 4 heteroatoms. The molecule has 0 bridgehead atoms. The molecule has 0 N–H and O–H groups in total. The van der Waals surface area contributed by atoms with Gasteiger partial charge in [-0.2, -0.15) is 0 Å². The molecule has 2 aromatic heterocycles. The Hall–Kier alpha value is -1.74. The van der Waals surface area contributed by atoms with Crippen LogP contribution in [0.2, 0.25) is 19.6 Å². The maximum Gasteiger partial charge on any atom is 0.134 e. The van der Waals surface area contributed by atoms with Gasteiger partial charge in [-0.05, 0) is 11.3 Å². The summed E-state index contributed by atoms with van der Waals surface area (Å²) in [5.74, 6) is 0. The molecule has 24 heavy (non-hydrogen) atoms. The van der Waals surface area contributed by atoms with E-state index in [-0.39, 0.29) is 20.1 Å². The van der Waals surface area contributed by atoms with Crippen LogP contribution in [0.25, 0.3) is 33.2 Å². The van der Waals surface area contributed by atoms with Gasteiger partial charge in [-0.25, -0.2) is 0 Å². The van der Waals surface area contributed by atoms with Gasteiger partial charge in [-0.3, -0.25) is 0 Å². The third-order valence-corrected chi connectivity index (χ3v) is 6.17. The number of para-hydroxylation sites is 1. The molecule has 1 radical (unpaired) electrons. The molecule has 0 saturated carbocycles. The van der Waals surface area contributed by atoms with Crippen LogP contribution in [-0.2, 0) is 20.1 Å². The molecule has 0 aliphatic rings. The van der Waals surface area contributed by atoms with Gasteiger partial charge in [0.25, 0.3) is 0 Å². The molecule has 2 nitrogen and oxygen atoms in total. The van der Waals surface area contributed by atoms with E-state index in [0.29, 0.717) is 0 Å². The minimum atomic E-state index is -1.54. The molecular formula is C20H18IrNOSi-. The van der Waals surface area contributed by atoms with Gasteiger partial charge in [0, 0.05) is 42.8 Å². The van der Waals surface area contributed by atoms with Crippen LogP contribution in [0.3, 0.4) is 0 Å². The Bertz CT molecular complexity index is 1000. The van der Waals surface area contributed by atoms with Gasteiger partial charge in [-0.15, -0.1) is 35.9 Å². The molecular weight excluding hydrogens is 491 g/mol. The summed E-state index contributed by atoms with van der Waals surface area (Å²) in [5.41, 5.74) is 3.65. The third kappa shape index (κ3) is 2.75. The fourth-order valence-electron chi connectivity index (χ4n) is 3.03. The van der Waals surface area contributed by atoms with E-state index in [1.165, 1.54) is 16.0 Å². The first-order valence-corrected chi connectivity index (χ1v) is 11.3. The summed E-state index contributed by atoms with van der Waals surface area (Å²) in [6.45, 7) is 7.04. The van der Waals surface area contributed by atoms with Gasteiger partial charge in [0.05, 0.1) is 8.07 Å². The van der Waals surface area contributed by atoms with Gasteiger partial charge in [0.15, 0.2) is 0 Å². The van der Waals surface area contributed by atoms with Crippen LogP contribution in [0.15, 0.2) is 59.1 Å². The molecule has 0 aliphatic heterocycles. The van der Waals surface area contributed by atoms with E-state index in [0.717, 1.165) is 22.4 Å². The molecule has 0 saturated heterocycles. The smallest absolute Gasteiger partial charge is 0.134 e. The topological polar surface area (TPSA) is 26.0 Å². The Balaban J connectivity index is 0.00000169. The zero-order valence-electron chi connectivity index (χ0n) is 13.9. The Morgan fingerprint density at radius 2 is 1.75 bits per heavy atom. The molecule has 2 aromatic carbocycles. The summed E-state index contributed by atoms with van der Waals surface area (Å²) >= 11 is 0. The van der Waals surface area contributed by atoms with Crippen molar-refractivity contribution in [2.75, 3.05) is 0 Å². The van der Waals surface area contributed by atoms with Crippen molar-refractivity contribution in [2.24, 2.45) is 0 Å². The predicted molar refractivity (Wildman–Crippen MR) is 98.8 cm³/mol. The number of nitrogens with zero attached hydrogens (tertiary/aromatic N) is 1. The standard InChI is InChI=1S/C20H18NOSi.Ir/c1-23(2,3)17-13-21-19(14-9-5-4-6-10-14)20-18(17)15-11-7-8-12-16(15)22-20;/h4-9,11-13H,1-3H3;/q-1;. The number of benzene rings is 2. The Morgan fingerprint density at radius 1 is 1.00 bits per heavy atom.